The molecule has 2 rings (SSSR count). The van der Waals surface area contributed by atoms with E-state index in [1.807, 2.05) is 6.92 Å². The van der Waals surface area contributed by atoms with E-state index >= 15 is 0 Å². The van der Waals surface area contributed by atoms with Crippen molar-refractivity contribution in [1.29, 1.82) is 0 Å². The Morgan fingerprint density at radius 3 is 2.63 bits per heavy atom. The van der Waals surface area contributed by atoms with Crippen LogP contribution in [0.15, 0.2) is 23.8 Å². The smallest absolute Gasteiger partial charge is 0.430 e. The molecule has 1 aromatic rings. The van der Waals surface area contributed by atoms with Gasteiger partial charge in [-0.15, -0.1) is 0 Å². The van der Waals surface area contributed by atoms with Crippen molar-refractivity contribution in [3.63, 3.8) is 0 Å². The molecule has 6 heteroatoms. The first-order valence-electron chi connectivity index (χ1n) is 5.64. The number of hydrogen-bond donors (Lipinski definition) is 1. The van der Waals surface area contributed by atoms with Crippen LogP contribution in [0.2, 0.25) is 0 Å². The molecule has 3 nitrogen and oxygen atoms in total. The van der Waals surface area contributed by atoms with Gasteiger partial charge in [0, 0.05) is 5.56 Å². The average molecular weight is 272 g/mol. The van der Waals surface area contributed by atoms with Gasteiger partial charge in [0.2, 0.25) is 6.10 Å². The lowest BCUT2D eigenvalue weighted by Crippen LogP contribution is -2.40. The van der Waals surface area contributed by atoms with Crippen LogP contribution in [0.4, 0.5) is 13.2 Å². The lowest BCUT2D eigenvalue weighted by molar-refractivity contribution is -0.187. The first kappa shape index (κ1) is 13.5. The minimum Gasteiger partial charge on any atom is -0.478 e. The molecule has 1 aromatic carbocycles. The normalized spacial score (nSPS) is 18.3. The molecule has 0 bridgehead atoms. The molecule has 0 radical (unpaired) electrons. The lowest BCUT2D eigenvalue weighted by Gasteiger charge is -2.27. The van der Waals surface area contributed by atoms with Gasteiger partial charge < -0.3 is 9.84 Å². The van der Waals surface area contributed by atoms with Gasteiger partial charge in [-0.3, -0.25) is 0 Å². The maximum absolute atomic E-state index is 12.8. The minimum absolute atomic E-state index is 0.0459. The number of aliphatic carboxylic acids is 1. The summed E-state index contributed by atoms with van der Waals surface area (Å²) in [4.78, 5) is 10.9. The van der Waals surface area contributed by atoms with Gasteiger partial charge in [-0.25, -0.2) is 4.79 Å². The van der Waals surface area contributed by atoms with E-state index in [-0.39, 0.29) is 5.75 Å². The molecule has 0 saturated carbocycles. The van der Waals surface area contributed by atoms with Crippen molar-refractivity contribution in [2.45, 2.75) is 25.6 Å². The monoisotopic (exact) mass is 272 g/mol. The molecule has 102 valence electrons. The molecular formula is C13H11F3O3. The Balaban J connectivity index is 2.51. The second-order valence-electron chi connectivity index (χ2n) is 4.17. The Labute approximate surface area is 107 Å². The standard InChI is InChI=1S/C13H11F3O3/c1-2-7-3-4-10-8(5-7)6-9(12(17)18)11(19-10)13(14,15)16/h3-6,11H,2H2,1H3,(H,17,18)/t11-/m0/s1. The van der Waals surface area contributed by atoms with E-state index < -0.39 is 23.8 Å². The van der Waals surface area contributed by atoms with Crippen molar-refractivity contribution in [2.24, 2.45) is 0 Å². The third kappa shape index (κ3) is 2.57. The van der Waals surface area contributed by atoms with Crippen LogP contribution >= 0.6 is 0 Å². The van der Waals surface area contributed by atoms with E-state index in [0.29, 0.717) is 12.0 Å². The Morgan fingerprint density at radius 1 is 1.42 bits per heavy atom. The second-order valence-corrected chi connectivity index (χ2v) is 4.17. The summed E-state index contributed by atoms with van der Waals surface area (Å²) in [6.07, 6.45) is -5.46. The van der Waals surface area contributed by atoms with E-state index in [0.717, 1.165) is 11.6 Å². The van der Waals surface area contributed by atoms with Crippen LogP contribution in [0, 0.1) is 0 Å². The lowest BCUT2D eigenvalue weighted by atomic mass is 9.99. The Bertz CT molecular complexity index is 547. The number of hydrogen-bond acceptors (Lipinski definition) is 2. The van der Waals surface area contributed by atoms with Gasteiger partial charge in [0.05, 0.1) is 5.57 Å². The fourth-order valence-electron chi connectivity index (χ4n) is 1.89. The zero-order valence-corrected chi connectivity index (χ0v) is 9.99. The van der Waals surface area contributed by atoms with Crippen LogP contribution in [-0.2, 0) is 11.2 Å². The van der Waals surface area contributed by atoms with E-state index in [4.69, 9.17) is 9.84 Å². The van der Waals surface area contributed by atoms with Crippen LogP contribution < -0.4 is 4.74 Å². The SMILES string of the molecule is CCc1ccc2c(c1)C=C(C(=O)O)[C@@H](C(F)(F)F)O2. The summed E-state index contributed by atoms with van der Waals surface area (Å²) in [5.74, 6) is -1.58. The molecule has 0 aliphatic carbocycles. The summed E-state index contributed by atoms with van der Waals surface area (Å²) in [5, 5.41) is 8.88. The van der Waals surface area contributed by atoms with Crippen LogP contribution in [0.1, 0.15) is 18.1 Å². The second kappa shape index (κ2) is 4.60. The van der Waals surface area contributed by atoms with Gasteiger partial charge in [-0.05, 0) is 30.2 Å². The third-order valence-electron chi connectivity index (χ3n) is 2.86. The Hall–Kier alpha value is -1.98. The highest BCUT2D eigenvalue weighted by atomic mass is 19.4. The van der Waals surface area contributed by atoms with Crippen molar-refractivity contribution in [3.8, 4) is 5.75 Å². The number of carboxylic acid groups (broad SMARTS) is 1. The van der Waals surface area contributed by atoms with Crippen LogP contribution in [0.25, 0.3) is 6.08 Å². The molecule has 0 saturated heterocycles. The molecule has 0 spiro atoms. The van der Waals surface area contributed by atoms with E-state index in [1.165, 1.54) is 6.07 Å². The average Bonchev–Trinajstić information content (AvgIpc) is 2.35. The summed E-state index contributed by atoms with van der Waals surface area (Å²) >= 11 is 0. The molecule has 1 aliphatic rings. The van der Waals surface area contributed by atoms with Crippen molar-refractivity contribution in [3.05, 3.63) is 34.9 Å². The van der Waals surface area contributed by atoms with Gasteiger partial charge >= 0.3 is 12.1 Å². The highest BCUT2D eigenvalue weighted by Crippen LogP contribution is 2.37. The largest absolute Gasteiger partial charge is 0.478 e. The summed E-state index contributed by atoms with van der Waals surface area (Å²) in [5.41, 5.74) is 0.458. The first-order chi connectivity index (χ1) is 8.82. The van der Waals surface area contributed by atoms with Crippen molar-refractivity contribution in [2.75, 3.05) is 0 Å². The van der Waals surface area contributed by atoms with Crippen molar-refractivity contribution >= 4 is 12.0 Å². The first-order valence-corrected chi connectivity index (χ1v) is 5.64. The highest BCUT2D eigenvalue weighted by molar-refractivity contribution is 5.95. The van der Waals surface area contributed by atoms with Crippen molar-refractivity contribution < 1.29 is 27.8 Å². The zero-order valence-electron chi connectivity index (χ0n) is 9.99. The fourth-order valence-corrected chi connectivity index (χ4v) is 1.89. The predicted octanol–water partition coefficient (Wildman–Crippen LogP) is 3.04. The quantitative estimate of drug-likeness (QED) is 0.900. The predicted molar refractivity (Wildman–Crippen MR) is 61.9 cm³/mol. The van der Waals surface area contributed by atoms with Gasteiger partial charge in [0.15, 0.2) is 0 Å². The highest BCUT2D eigenvalue weighted by Gasteiger charge is 2.48. The maximum Gasteiger partial charge on any atom is 0.430 e. The molecule has 1 N–H and O–H groups in total. The molecule has 1 heterocycles. The van der Waals surface area contributed by atoms with Gasteiger partial charge in [0.25, 0.3) is 0 Å². The number of ether oxygens (including phenoxy) is 1. The molecule has 0 amide bonds. The van der Waals surface area contributed by atoms with Gasteiger partial charge in [-0.2, -0.15) is 13.2 Å². The number of carboxylic acids is 1. The maximum atomic E-state index is 12.8. The van der Waals surface area contributed by atoms with Crippen LogP contribution in [0.3, 0.4) is 0 Å². The third-order valence-corrected chi connectivity index (χ3v) is 2.86. The minimum atomic E-state index is -4.76. The summed E-state index contributed by atoms with van der Waals surface area (Å²) < 4.78 is 43.1. The number of benzene rings is 1. The Morgan fingerprint density at radius 2 is 2.11 bits per heavy atom. The zero-order chi connectivity index (χ0) is 14.2. The molecule has 0 fully saturated rings. The topological polar surface area (TPSA) is 46.5 Å². The number of rotatable bonds is 2. The number of alkyl halides is 3. The summed E-state index contributed by atoms with van der Waals surface area (Å²) in [7, 11) is 0. The number of aryl methyl sites for hydroxylation is 1. The fraction of sp³-hybridized carbons (Fsp3) is 0.308. The van der Waals surface area contributed by atoms with Crippen LogP contribution in [-0.4, -0.2) is 23.4 Å². The summed E-state index contributed by atoms with van der Waals surface area (Å²) in [6.45, 7) is 1.89. The number of halogens is 3. The number of fused-ring (bicyclic) bond motifs is 1. The number of carbonyl (C=O) groups is 1. The van der Waals surface area contributed by atoms with E-state index in [1.54, 1.807) is 12.1 Å². The van der Waals surface area contributed by atoms with E-state index in [9.17, 15) is 18.0 Å². The van der Waals surface area contributed by atoms with E-state index in [2.05, 4.69) is 0 Å². The van der Waals surface area contributed by atoms with Crippen molar-refractivity contribution in [1.82, 2.24) is 0 Å². The molecule has 19 heavy (non-hydrogen) atoms. The van der Waals surface area contributed by atoms with Crippen LogP contribution in [0.5, 0.6) is 5.75 Å². The molecular weight excluding hydrogens is 261 g/mol. The van der Waals surface area contributed by atoms with Gasteiger partial charge in [0.1, 0.15) is 5.75 Å². The molecule has 1 aliphatic heterocycles. The van der Waals surface area contributed by atoms with Gasteiger partial charge in [-0.1, -0.05) is 13.0 Å². The molecule has 0 aromatic heterocycles. The molecule has 1 atom stereocenters. The molecule has 0 unspecified atom stereocenters. The summed E-state index contributed by atoms with van der Waals surface area (Å²) in [6, 6.07) is 4.72. The Kier molecular flexibility index (Phi) is 3.26.